The molecule has 4 heteroatoms. The second-order valence-corrected chi connectivity index (χ2v) is 3.82. The van der Waals surface area contributed by atoms with Gasteiger partial charge < -0.3 is 15.2 Å². The van der Waals surface area contributed by atoms with Gasteiger partial charge in [-0.05, 0) is 31.2 Å². The molecule has 2 aromatic rings. The lowest BCUT2D eigenvalue weighted by molar-refractivity contribution is 0.340. The standard InChI is InChI=1S/C14H16N2O2/c1-2-18-14-5-3-4-11(8-14)15-9-12-6-7-13(17)10-16-12/h3-8,10,15,17H,2,9H2,1H3. The second kappa shape index (κ2) is 5.91. The van der Waals surface area contributed by atoms with Crippen LogP contribution in [0.15, 0.2) is 42.6 Å². The summed E-state index contributed by atoms with van der Waals surface area (Å²) in [7, 11) is 0. The number of nitrogens with zero attached hydrogens (tertiary/aromatic N) is 1. The highest BCUT2D eigenvalue weighted by molar-refractivity contribution is 5.48. The normalized spacial score (nSPS) is 10.1. The van der Waals surface area contributed by atoms with Crippen LogP contribution < -0.4 is 10.1 Å². The maximum Gasteiger partial charge on any atom is 0.133 e. The molecule has 18 heavy (non-hydrogen) atoms. The zero-order valence-corrected chi connectivity index (χ0v) is 10.3. The van der Waals surface area contributed by atoms with Crippen molar-refractivity contribution >= 4 is 5.69 Å². The van der Waals surface area contributed by atoms with Crippen LogP contribution in [-0.4, -0.2) is 16.7 Å². The first-order chi connectivity index (χ1) is 8.78. The number of rotatable bonds is 5. The van der Waals surface area contributed by atoms with Gasteiger partial charge in [-0.15, -0.1) is 0 Å². The summed E-state index contributed by atoms with van der Waals surface area (Å²) in [5, 5.41) is 12.4. The molecule has 0 aliphatic heterocycles. The summed E-state index contributed by atoms with van der Waals surface area (Å²) >= 11 is 0. The Hall–Kier alpha value is -2.23. The van der Waals surface area contributed by atoms with Crippen LogP contribution in [0.25, 0.3) is 0 Å². The number of nitrogens with one attached hydrogen (secondary N) is 1. The Kier molecular flexibility index (Phi) is 4.02. The lowest BCUT2D eigenvalue weighted by Gasteiger charge is -2.08. The van der Waals surface area contributed by atoms with Gasteiger partial charge >= 0.3 is 0 Å². The first-order valence-corrected chi connectivity index (χ1v) is 5.88. The summed E-state index contributed by atoms with van der Waals surface area (Å²) < 4.78 is 5.43. The van der Waals surface area contributed by atoms with Crippen LogP contribution in [0.2, 0.25) is 0 Å². The number of ether oxygens (including phenoxy) is 1. The van der Waals surface area contributed by atoms with Crippen molar-refractivity contribution in [2.45, 2.75) is 13.5 Å². The smallest absolute Gasteiger partial charge is 0.133 e. The van der Waals surface area contributed by atoms with Gasteiger partial charge in [0.05, 0.1) is 25.0 Å². The molecule has 0 amide bonds. The molecule has 1 heterocycles. The third-order valence-electron chi connectivity index (χ3n) is 2.43. The van der Waals surface area contributed by atoms with Gasteiger partial charge in [-0.3, -0.25) is 4.98 Å². The fraction of sp³-hybridized carbons (Fsp3) is 0.214. The van der Waals surface area contributed by atoms with E-state index in [4.69, 9.17) is 9.84 Å². The third kappa shape index (κ3) is 3.38. The molecule has 2 rings (SSSR count). The number of aromatic hydroxyl groups is 1. The second-order valence-electron chi connectivity index (χ2n) is 3.82. The van der Waals surface area contributed by atoms with Crippen molar-refractivity contribution in [3.8, 4) is 11.5 Å². The van der Waals surface area contributed by atoms with E-state index in [9.17, 15) is 0 Å². The lowest BCUT2D eigenvalue weighted by atomic mass is 10.3. The Morgan fingerprint density at radius 3 is 2.89 bits per heavy atom. The quantitative estimate of drug-likeness (QED) is 0.849. The van der Waals surface area contributed by atoms with Crippen molar-refractivity contribution in [1.29, 1.82) is 0 Å². The zero-order valence-electron chi connectivity index (χ0n) is 10.3. The van der Waals surface area contributed by atoms with Crippen LogP contribution in [0.5, 0.6) is 11.5 Å². The molecule has 0 fully saturated rings. The number of hydrogen-bond acceptors (Lipinski definition) is 4. The molecule has 0 spiro atoms. The van der Waals surface area contributed by atoms with Crippen LogP contribution in [0.3, 0.4) is 0 Å². The maximum atomic E-state index is 9.14. The molecule has 0 saturated carbocycles. The molecule has 1 aromatic carbocycles. The van der Waals surface area contributed by atoms with E-state index >= 15 is 0 Å². The minimum atomic E-state index is 0.178. The number of anilines is 1. The maximum absolute atomic E-state index is 9.14. The third-order valence-corrected chi connectivity index (χ3v) is 2.43. The Balaban J connectivity index is 1.97. The first kappa shape index (κ1) is 12.2. The largest absolute Gasteiger partial charge is 0.506 e. The molecule has 0 aliphatic rings. The summed E-state index contributed by atoms with van der Waals surface area (Å²) in [6, 6.07) is 11.2. The fourth-order valence-corrected chi connectivity index (χ4v) is 1.58. The van der Waals surface area contributed by atoms with Gasteiger partial charge in [0, 0.05) is 11.8 Å². The Morgan fingerprint density at radius 2 is 2.17 bits per heavy atom. The topological polar surface area (TPSA) is 54.4 Å². The summed E-state index contributed by atoms with van der Waals surface area (Å²) in [5.41, 5.74) is 1.85. The van der Waals surface area contributed by atoms with Gasteiger partial charge in [-0.2, -0.15) is 0 Å². The number of aromatic nitrogens is 1. The van der Waals surface area contributed by atoms with E-state index in [1.54, 1.807) is 12.1 Å². The average Bonchev–Trinajstić information content (AvgIpc) is 2.39. The van der Waals surface area contributed by atoms with Gasteiger partial charge in [0.15, 0.2) is 0 Å². The Labute approximate surface area is 106 Å². The van der Waals surface area contributed by atoms with Crippen LogP contribution in [-0.2, 0) is 6.54 Å². The zero-order chi connectivity index (χ0) is 12.8. The molecule has 0 aliphatic carbocycles. The number of hydrogen-bond donors (Lipinski definition) is 2. The SMILES string of the molecule is CCOc1cccc(NCc2ccc(O)cn2)c1. The van der Waals surface area contributed by atoms with E-state index < -0.39 is 0 Å². The van der Waals surface area contributed by atoms with Gasteiger partial charge in [0.1, 0.15) is 11.5 Å². The van der Waals surface area contributed by atoms with Gasteiger partial charge in [0.25, 0.3) is 0 Å². The summed E-state index contributed by atoms with van der Waals surface area (Å²) in [5.74, 6) is 1.03. The fourth-order valence-electron chi connectivity index (χ4n) is 1.58. The highest BCUT2D eigenvalue weighted by Gasteiger charge is 1.98. The minimum absolute atomic E-state index is 0.178. The van der Waals surface area contributed by atoms with Crippen molar-refractivity contribution in [1.82, 2.24) is 4.98 Å². The summed E-state index contributed by atoms with van der Waals surface area (Å²) in [6.07, 6.45) is 1.44. The predicted octanol–water partition coefficient (Wildman–Crippen LogP) is 2.80. The molecule has 94 valence electrons. The molecule has 2 N–H and O–H groups in total. The van der Waals surface area contributed by atoms with Crippen molar-refractivity contribution in [3.63, 3.8) is 0 Å². The minimum Gasteiger partial charge on any atom is -0.506 e. The Bertz CT molecular complexity index is 497. The molecule has 0 bridgehead atoms. The highest BCUT2D eigenvalue weighted by atomic mass is 16.5. The van der Waals surface area contributed by atoms with Crippen molar-refractivity contribution in [2.24, 2.45) is 0 Å². The monoisotopic (exact) mass is 244 g/mol. The Morgan fingerprint density at radius 1 is 1.28 bits per heavy atom. The molecule has 0 saturated heterocycles. The summed E-state index contributed by atoms with van der Waals surface area (Å²) in [6.45, 7) is 3.22. The number of pyridine rings is 1. The molecule has 0 atom stereocenters. The van der Waals surface area contributed by atoms with Crippen LogP contribution in [0, 0.1) is 0 Å². The summed E-state index contributed by atoms with van der Waals surface area (Å²) in [4.78, 5) is 4.11. The van der Waals surface area contributed by atoms with Gasteiger partial charge in [-0.25, -0.2) is 0 Å². The van der Waals surface area contributed by atoms with Crippen LogP contribution in [0.4, 0.5) is 5.69 Å². The van der Waals surface area contributed by atoms with E-state index in [2.05, 4.69) is 10.3 Å². The van der Waals surface area contributed by atoms with Crippen molar-refractivity contribution in [2.75, 3.05) is 11.9 Å². The molecule has 0 radical (unpaired) electrons. The van der Waals surface area contributed by atoms with Crippen molar-refractivity contribution < 1.29 is 9.84 Å². The average molecular weight is 244 g/mol. The predicted molar refractivity (Wildman–Crippen MR) is 70.8 cm³/mol. The van der Waals surface area contributed by atoms with E-state index in [1.807, 2.05) is 31.2 Å². The van der Waals surface area contributed by atoms with E-state index in [-0.39, 0.29) is 5.75 Å². The molecule has 4 nitrogen and oxygen atoms in total. The van der Waals surface area contributed by atoms with Crippen LogP contribution >= 0.6 is 0 Å². The molecular weight excluding hydrogens is 228 g/mol. The molecular formula is C14H16N2O2. The van der Waals surface area contributed by atoms with Gasteiger partial charge in [-0.1, -0.05) is 6.07 Å². The molecule has 1 aromatic heterocycles. The molecule has 0 unspecified atom stereocenters. The van der Waals surface area contributed by atoms with Gasteiger partial charge in [0.2, 0.25) is 0 Å². The highest BCUT2D eigenvalue weighted by Crippen LogP contribution is 2.18. The first-order valence-electron chi connectivity index (χ1n) is 5.88. The number of benzene rings is 1. The lowest BCUT2D eigenvalue weighted by Crippen LogP contribution is -2.01. The van der Waals surface area contributed by atoms with E-state index in [0.29, 0.717) is 13.2 Å². The van der Waals surface area contributed by atoms with E-state index in [0.717, 1.165) is 17.1 Å². The van der Waals surface area contributed by atoms with E-state index in [1.165, 1.54) is 6.20 Å². The van der Waals surface area contributed by atoms with Crippen LogP contribution in [0.1, 0.15) is 12.6 Å². The van der Waals surface area contributed by atoms with Crippen molar-refractivity contribution in [3.05, 3.63) is 48.3 Å².